The zero-order valence-electron chi connectivity index (χ0n) is 18.2. The van der Waals surface area contributed by atoms with Crippen LogP contribution in [0.2, 0.25) is 5.02 Å². The summed E-state index contributed by atoms with van der Waals surface area (Å²) in [5.74, 6) is 0.291. The number of nitrogens with zero attached hydrogens (tertiary/aromatic N) is 1. The van der Waals surface area contributed by atoms with Gasteiger partial charge in [0, 0.05) is 24.8 Å². The summed E-state index contributed by atoms with van der Waals surface area (Å²) in [5, 5.41) is 3.06. The number of rotatable bonds is 6. The van der Waals surface area contributed by atoms with Gasteiger partial charge in [-0.15, -0.1) is 0 Å². The topological polar surface area (TPSA) is 101 Å². The van der Waals surface area contributed by atoms with E-state index in [0.717, 1.165) is 25.7 Å². The third-order valence-electron chi connectivity index (χ3n) is 5.48. The van der Waals surface area contributed by atoms with E-state index < -0.39 is 15.9 Å². The molecular weight excluding hydrogens is 442 g/mol. The summed E-state index contributed by atoms with van der Waals surface area (Å²) in [6.45, 7) is 4.30. The molecule has 0 spiro atoms. The lowest BCUT2D eigenvalue weighted by molar-refractivity contribution is 0.102. The number of sulfonamides is 1. The number of methoxy groups -OCH3 is 2. The Morgan fingerprint density at radius 3 is 2.26 bits per heavy atom. The van der Waals surface area contributed by atoms with E-state index in [4.69, 9.17) is 21.1 Å². The summed E-state index contributed by atoms with van der Waals surface area (Å²) in [6, 6.07) is 3.09. The molecule has 1 aromatic carbocycles. The highest BCUT2D eigenvalue weighted by Gasteiger charge is 2.32. The number of aryl methyl sites for hydroxylation is 1. The lowest BCUT2D eigenvalue weighted by atomic mass is 10.2. The molecule has 0 atom stereocenters. The lowest BCUT2D eigenvalue weighted by Crippen LogP contribution is -2.32. The molecule has 0 saturated carbocycles. The van der Waals surface area contributed by atoms with Gasteiger partial charge in [0.25, 0.3) is 5.91 Å². The van der Waals surface area contributed by atoms with Crippen LogP contribution in [-0.2, 0) is 10.0 Å². The third kappa shape index (κ3) is 4.68. The van der Waals surface area contributed by atoms with Gasteiger partial charge in [0.2, 0.25) is 10.0 Å². The fraction of sp³-hybridized carbons (Fsp3) is 0.476. The second-order valence-corrected chi connectivity index (χ2v) is 9.82. The molecular formula is C21H28ClN3O5S. The van der Waals surface area contributed by atoms with Crippen molar-refractivity contribution in [3.05, 3.63) is 34.1 Å². The van der Waals surface area contributed by atoms with Gasteiger partial charge in [0.05, 0.1) is 24.9 Å². The normalized spacial score (nSPS) is 15.4. The summed E-state index contributed by atoms with van der Waals surface area (Å²) < 4.78 is 38.6. The van der Waals surface area contributed by atoms with Gasteiger partial charge in [0.15, 0.2) is 0 Å². The molecule has 8 nitrogen and oxygen atoms in total. The maximum Gasteiger partial charge on any atom is 0.272 e. The second kappa shape index (κ2) is 9.50. The predicted molar refractivity (Wildman–Crippen MR) is 120 cm³/mol. The van der Waals surface area contributed by atoms with Crippen molar-refractivity contribution in [1.29, 1.82) is 0 Å². The summed E-state index contributed by atoms with van der Waals surface area (Å²) in [7, 11) is -0.752. The second-order valence-electron chi connectivity index (χ2n) is 7.54. The van der Waals surface area contributed by atoms with Crippen LogP contribution in [0.5, 0.6) is 11.5 Å². The first-order valence-corrected chi connectivity index (χ1v) is 11.9. The Labute approximate surface area is 187 Å². The number of carbonyl (C=O) groups is 1. The summed E-state index contributed by atoms with van der Waals surface area (Å²) in [6.07, 6.45) is 3.73. The van der Waals surface area contributed by atoms with E-state index in [9.17, 15) is 13.2 Å². The Hall–Kier alpha value is -2.23. The fourth-order valence-corrected chi connectivity index (χ4v) is 6.07. The average Bonchev–Trinajstić information content (AvgIpc) is 2.90. The van der Waals surface area contributed by atoms with Crippen molar-refractivity contribution < 1.29 is 22.7 Å². The Kier molecular flexibility index (Phi) is 7.18. The molecule has 1 aliphatic heterocycles. The molecule has 0 bridgehead atoms. The van der Waals surface area contributed by atoms with Crippen LogP contribution in [0.4, 0.5) is 5.69 Å². The van der Waals surface area contributed by atoms with Gasteiger partial charge in [-0.05, 0) is 38.3 Å². The summed E-state index contributed by atoms with van der Waals surface area (Å²) in [5.41, 5.74) is 1.35. The van der Waals surface area contributed by atoms with Crippen molar-refractivity contribution in [2.24, 2.45) is 0 Å². The van der Waals surface area contributed by atoms with Gasteiger partial charge in [-0.25, -0.2) is 8.42 Å². The van der Waals surface area contributed by atoms with E-state index in [0.29, 0.717) is 46.6 Å². The number of amides is 1. The van der Waals surface area contributed by atoms with Gasteiger partial charge >= 0.3 is 0 Å². The standard InChI is InChI=1S/C21H28ClN3O5S/c1-13-19(21(26)24-16-11-15(22)17(29-3)12-18(16)30-4)23-14(2)20(13)31(27,28)25-9-7-5-6-8-10-25/h11-12,23H,5-10H2,1-4H3,(H,24,26). The highest BCUT2D eigenvalue weighted by molar-refractivity contribution is 7.89. The number of ether oxygens (including phenoxy) is 2. The minimum atomic E-state index is -3.70. The summed E-state index contributed by atoms with van der Waals surface area (Å²) >= 11 is 6.18. The minimum Gasteiger partial charge on any atom is -0.495 e. The van der Waals surface area contributed by atoms with Gasteiger partial charge < -0.3 is 19.8 Å². The summed E-state index contributed by atoms with van der Waals surface area (Å²) in [4.78, 5) is 16.1. The monoisotopic (exact) mass is 469 g/mol. The van der Waals surface area contributed by atoms with Crippen LogP contribution in [0.1, 0.15) is 47.4 Å². The molecule has 0 aliphatic carbocycles. The Morgan fingerprint density at radius 2 is 1.68 bits per heavy atom. The lowest BCUT2D eigenvalue weighted by Gasteiger charge is -2.20. The number of hydrogen-bond donors (Lipinski definition) is 2. The first-order valence-electron chi connectivity index (χ1n) is 10.1. The van der Waals surface area contributed by atoms with Crippen molar-refractivity contribution in [2.45, 2.75) is 44.4 Å². The minimum absolute atomic E-state index is 0.166. The highest BCUT2D eigenvalue weighted by atomic mass is 35.5. The molecule has 2 N–H and O–H groups in total. The number of hydrogen-bond acceptors (Lipinski definition) is 5. The van der Waals surface area contributed by atoms with E-state index in [1.165, 1.54) is 24.6 Å². The molecule has 2 aromatic rings. The van der Waals surface area contributed by atoms with E-state index >= 15 is 0 Å². The van der Waals surface area contributed by atoms with Crippen molar-refractivity contribution in [1.82, 2.24) is 9.29 Å². The number of carbonyl (C=O) groups excluding carboxylic acids is 1. The number of anilines is 1. The maximum absolute atomic E-state index is 13.3. The molecule has 31 heavy (non-hydrogen) atoms. The van der Waals surface area contributed by atoms with E-state index in [2.05, 4.69) is 10.3 Å². The molecule has 1 fully saturated rings. The zero-order valence-corrected chi connectivity index (χ0v) is 19.7. The first-order chi connectivity index (χ1) is 14.7. The van der Waals surface area contributed by atoms with Crippen LogP contribution in [0.3, 0.4) is 0 Å². The van der Waals surface area contributed by atoms with Gasteiger partial charge in [-0.2, -0.15) is 4.31 Å². The zero-order chi connectivity index (χ0) is 22.8. The van der Waals surface area contributed by atoms with Crippen molar-refractivity contribution in [2.75, 3.05) is 32.6 Å². The van der Waals surface area contributed by atoms with E-state index in [1.807, 2.05) is 0 Å². The molecule has 0 unspecified atom stereocenters. The number of H-pyrrole nitrogens is 1. The molecule has 1 aromatic heterocycles. The predicted octanol–water partition coefficient (Wildman–Crippen LogP) is 4.12. The Bertz CT molecular complexity index is 1070. The van der Waals surface area contributed by atoms with Crippen LogP contribution >= 0.6 is 11.6 Å². The molecule has 1 saturated heterocycles. The quantitative estimate of drug-likeness (QED) is 0.662. The number of nitrogens with one attached hydrogen (secondary N) is 2. The maximum atomic E-state index is 13.3. The Balaban J connectivity index is 1.93. The van der Waals surface area contributed by atoms with E-state index in [1.54, 1.807) is 19.9 Å². The van der Waals surface area contributed by atoms with E-state index in [-0.39, 0.29) is 10.6 Å². The number of aromatic nitrogens is 1. The molecule has 3 rings (SSSR count). The molecule has 10 heteroatoms. The van der Waals surface area contributed by atoms with Crippen molar-refractivity contribution in [3.63, 3.8) is 0 Å². The van der Waals surface area contributed by atoms with Gasteiger partial charge in [0.1, 0.15) is 22.1 Å². The largest absolute Gasteiger partial charge is 0.495 e. The first kappa shape index (κ1) is 23.4. The van der Waals surface area contributed by atoms with Crippen molar-refractivity contribution in [3.8, 4) is 11.5 Å². The molecule has 170 valence electrons. The van der Waals surface area contributed by atoms with Crippen LogP contribution in [0.25, 0.3) is 0 Å². The number of benzene rings is 1. The number of halogens is 1. The third-order valence-corrected chi connectivity index (χ3v) is 7.95. The highest BCUT2D eigenvalue weighted by Crippen LogP contribution is 2.36. The fourth-order valence-electron chi connectivity index (χ4n) is 3.90. The SMILES string of the molecule is COc1cc(OC)c(NC(=O)c2[nH]c(C)c(S(=O)(=O)N3CCCCCC3)c2C)cc1Cl. The van der Waals surface area contributed by atoms with Gasteiger partial charge in [-0.3, -0.25) is 4.79 Å². The molecule has 0 radical (unpaired) electrons. The van der Waals surface area contributed by atoms with Gasteiger partial charge in [-0.1, -0.05) is 24.4 Å². The smallest absolute Gasteiger partial charge is 0.272 e. The average molecular weight is 470 g/mol. The van der Waals surface area contributed by atoms with Crippen LogP contribution in [0.15, 0.2) is 17.0 Å². The number of aromatic amines is 1. The van der Waals surface area contributed by atoms with Crippen LogP contribution in [-0.4, -0.2) is 50.9 Å². The Morgan fingerprint density at radius 1 is 1.06 bits per heavy atom. The molecule has 2 heterocycles. The molecule has 1 aliphatic rings. The molecule has 1 amide bonds. The van der Waals surface area contributed by atoms with Crippen LogP contribution in [0, 0.1) is 13.8 Å². The van der Waals surface area contributed by atoms with Crippen molar-refractivity contribution >= 4 is 33.2 Å². The van der Waals surface area contributed by atoms with Crippen LogP contribution < -0.4 is 14.8 Å².